The molecule has 1 aromatic carbocycles. The molecular weight excluding hydrogens is 276 g/mol. The summed E-state index contributed by atoms with van der Waals surface area (Å²) in [5.41, 5.74) is 3.78. The van der Waals surface area contributed by atoms with Crippen LogP contribution in [0.15, 0.2) is 41.2 Å². The Kier molecular flexibility index (Phi) is 4.62. The lowest BCUT2D eigenvalue weighted by Crippen LogP contribution is -2.22. The highest BCUT2D eigenvalue weighted by Crippen LogP contribution is 2.07. The van der Waals surface area contributed by atoms with E-state index in [1.54, 1.807) is 29.8 Å². The van der Waals surface area contributed by atoms with E-state index in [0.717, 1.165) is 17.3 Å². The molecule has 0 bridgehead atoms. The summed E-state index contributed by atoms with van der Waals surface area (Å²) in [5.74, 6) is -1.19. The summed E-state index contributed by atoms with van der Waals surface area (Å²) in [6.07, 6.45) is 2.52. The van der Waals surface area contributed by atoms with E-state index < -0.39 is 5.97 Å². The third kappa shape index (κ3) is 4.03. The van der Waals surface area contributed by atoms with Gasteiger partial charge in [-0.15, -0.1) is 11.3 Å². The Bertz CT molecular complexity index is 618. The van der Waals surface area contributed by atoms with E-state index >= 15 is 0 Å². The van der Waals surface area contributed by atoms with Crippen LogP contribution in [0.2, 0.25) is 0 Å². The van der Waals surface area contributed by atoms with Crippen LogP contribution in [0, 0.1) is 0 Å². The van der Waals surface area contributed by atoms with Crippen LogP contribution in [0.3, 0.4) is 0 Å². The summed E-state index contributed by atoms with van der Waals surface area (Å²) >= 11 is 1.48. The first-order valence-corrected chi connectivity index (χ1v) is 6.76. The Morgan fingerprint density at radius 1 is 1.30 bits per heavy atom. The van der Waals surface area contributed by atoms with Crippen molar-refractivity contribution in [2.24, 2.45) is 0 Å². The van der Waals surface area contributed by atoms with Gasteiger partial charge in [0.1, 0.15) is 0 Å². The number of carboxylic acids is 1. The molecule has 2 aromatic rings. The van der Waals surface area contributed by atoms with Gasteiger partial charge in [0.15, 0.2) is 0 Å². The van der Waals surface area contributed by atoms with E-state index in [1.165, 1.54) is 17.4 Å². The van der Waals surface area contributed by atoms with Crippen molar-refractivity contribution in [3.05, 3.63) is 58.1 Å². The largest absolute Gasteiger partial charge is 0.478 e. The minimum atomic E-state index is -1.00. The number of amides is 1. The molecule has 0 fully saturated rings. The van der Waals surface area contributed by atoms with E-state index in [9.17, 15) is 9.59 Å². The van der Waals surface area contributed by atoms with Crippen molar-refractivity contribution in [3.8, 4) is 0 Å². The van der Waals surface area contributed by atoms with Gasteiger partial charge in [0.25, 0.3) is 5.91 Å². The van der Waals surface area contributed by atoms with Crippen LogP contribution in [-0.2, 0) is 11.3 Å². The Labute approximate surface area is 119 Å². The Morgan fingerprint density at radius 3 is 2.65 bits per heavy atom. The van der Waals surface area contributed by atoms with Crippen LogP contribution in [-0.4, -0.2) is 22.0 Å². The number of hydrogen-bond acceptors (Lipinski definition) is 4. The molecule has 0 saturated carbocycles. The number of aromatic nitrogens is 1. The number of nitrogens with one attached hydrogen (secondary N) is 1. The van der Waals surface area contributed by atoms with Crippen molar-refractivity contribution in [1.82, 2.24) is 10.3 Å². The van der Waals surface area contributed by atoms with Crippen LogP contribution in [0.5, 0.6) is 0 Å². The highest BCUT2D eigenvalue weighted by Gasteiger charge is 2.05. The molecular formula is C14H12N2O3S. The monoisotopic (exact) mass is 288 g/mol. The van der Waals surface area contributed by atoms with Crippen molar-refractivity contribution in [1.29, 1.82) is 0 Å². The average Bonchev–Trinajstić information content (AvgIpc) is 2.96. The third-order valence-electron chi connectivity index (χ3n) is 2.50. The van der Waals surface area contributed by atoms with Gasteiger partial charge in [0.2, 0.25) is 0 Å². The quantitative estimate of drug-likeness (QED) is 0.826. The van der Waals surface area contributed by atoms with Gasteiger partial charge >= 0.3 is 5.97 Å². The Hall–Kier alpha value is -2.47. The number of rotatable bonds is 5. The number of thiazole rings is 1. The minimum absolute atomic E-state index is 0.188. The lowest BCUT2D eigenvalue weighted by Gasteiger charge is -2.03. The second kappa shape index (κ2) is 6.63. The molecule has 0 saturated heterocycles. The van der Waals surface area contributed by atoms with Gasteiger partial charge in [0, 0.05) is 17.0 Å². The lowest BCUT2D eigenvalue weighted by molar-refractivity contribution is -0.131. The molecule has 2 N–H and O–H groups in total. The molecule has 0 spiro atoms. The first-order valence-electron chi connectivity index (χ1n) is 5.81. The van der Waals surface area contributed by atoms with Crippen molar-refractivity contribution >= 4 is 29.3 Å². The second-order valence-corrected chi connectivity index (χ2v) is 4.67. The summed E-state index contributed by atoms with van der Waals surface area (Å²) < 4.78 is 0. The smallest absolute Gasteiger partial charge is 0.328 e. The van der Waals surface area contributed by atoms with E-state index in [4.69, 9.17) is 5.11 Å². The molecule has 6 heteroatoms. The summed E-state index contributed by atoms with van der Waals surface area (Å²) in [4.78, 5) is 26.3. The molecule has 1 amide bonds. The zero-order valence-corrected chi connectivity index (χ0v) is 11.3. The van der Waals surface area contributed by atoms with Crippen molar-refractivity contribution in [3.63, 3.8) is 0 Å². The molecule has 0 unspecified atom stereocenters. The first-order chi connectivity index (χ1) is 9.65. The summed E-state index contributed by atoms with van der Waals surface area (Å²) in [5, 5.41) is 13.2. The summed E-state index contributed by atoms with van der Waals surface area (Å²) in [6, 6.07) is 6.68. The van der Waals surface area contributed by atoms with Crippen LogP contribution in [0.25, 0.3) is 6.08 Å². The van der Waals surface area contributed by atoms with Crippen LogP contribution in [0.1, 0.15) is 21.6 Å². The zero-order chi connectivity index (χ0) is 14.4. The number of carboxylic acid groups (broad SMARTS) is 1. The van der Waals surface area contributed by atoms with Gasteiger partial charge in [-0.25, -0.2) is 9.78 Å². The van der Waals surface area contributed by atoms with E-state index in [2.05, 4.69) is 10.3 Å². The van der Waals surface area contributed by atoms with Gasteiger partial charge in [-0.1, -0.05) is 12.1 Å². The number of nitrogens with zero attached hydrogens (tertiary/aromatic N) is 1. The molecule has 0 radical (unpaired) electrons. The van der Waals surface area contributed by atoms with Gasteiger partial charge < -0.3 is 10.4 Å². The molecule has 1 heterocycles. The number of hydrogen-bond donors (Lipinski definition) is 2. The summed E-state index contributed by atoms with van der Waals surface area (Å²) in [7, 11) is 0. The molecule has 0 atom stereocenters. The fraction of sp³-hybridized carbons (Fsp3) is 0.0714. The highest BCUT2D eigenvalue weighted by atomic mass is 32.1. The van der Waals surface area contributed by atoms with Gasteiger partial charge in [-0.3, -0.25) is 4.79 Å². The Morgan fingerprint density at radius 2 is 2.05 bits per heavy atom. The molecule has 0 aliphatic carbocycles. The predicted octanol–water partition coefficient (Wildman–Crippen LogP) is 2.17. The van der Waals surface area contributed by atoms with Crippen molar-refractivity contribution < 1.29 is 14.7 Å². The minimum Gasteiger partial charge on any atom is -0.478 e. The maximum absolute atomic E-state index is 11.9. The molecule has 20 heavy (non-hydrogen) atoms. The molecule has 0 aliphatic heterocycles. The maximum atomic E-state index is 11.9. The van der Waals surface area contributed by atoms with Gasteiger partial charge in [0.05, 0.1) is 17.7 Å². The fourth-order valence-electron chi connectivity index (χ4n) is 1.51. The zero-order valence-electron chi connectivity index (χ0n) is 10.4. The highest BCUT2D eigenvalue weighted by molar-refractivity contribution is 7.07. The van der Waals surface area contributed by atoms with Gasteiger partial charge in [-0.2, -0.15) is 0 Å². The number of carbonyl (C=O) groups is 2. The van der Waals surface area contributed by atoms with E-state index in [1.807, 2.05) is 5.38 Å². The lowest BCUT2D eigenvalue weighted by atomic mass is 10.1. The predicted molar refractivity (Wildman–Crippen MR) is 76.4 cm³/mol. The number of aliphatic carboxylic acids is 1. The van der Waals surface area contributed by atoms with Crippen LogP contribution >= 0.6 is 11.3 Å². The number of benzene rings is 1. The standard InChI is InChI=1S/C14H12N2O3S/c17-13(18)6-3-10-1-4-11(5-2-10)14(19)15-7-12-8-20-9-16-12/h1-6,8-9H,7H2,(H,15,19)(H,17,18). The fourth-order valence-corrected chi connectivity index (χ4v) is 2.07. The van der Waals surface area contributed by atoms with Crippen LogP contribution < -0.4 is 5.32 Å². The van der Waals surface area contributed by atoms with Gasteiger partial charge in [-0.05, 0) is 23.8 Å². The molecule has 0 aliphatic rings. The van der Waals surface area contributed by atoms with E-state index in [-0.39, 0.29) is 5.91 Å². The first kappa shape index (κ1) is 14.0. The van der Waals surface area contributed by atoms with Crippen LogP contribution in [0.4, 0.5) is 0 Å². The molecule has 102 valence electrons. The SMILES string of the molecule is O=C(O)C=Cc1ccc(C(=O)NCc2cscn2)cc1. The van der Waals surface area contributed by atoms with E-state index in [0.29, 0.717) is 12.1 Å². The normalized spacial score (nSPS) is 10.6. The number of carbonyl (C=O) groups excluding carboxylic acids is 1. The molecule has 5 nitrogen and oxygen atoms in total. The second-order valence-electron chi connectivity index (χ2n) is 3.96. The summed E-state index contributed by atoms with van der Waals surface area (Å²) in [6.45, 7) is 0.392. The van der Waals surface area contributed by atoms with Crippen molar-refractivity contribution in [2.45, 2.75) is 6.54 Å². The topological polar surface area (TPSA) is 79.3 Å². The average molecular weight is 288 g/mol. The Balaban J connectivity index is 1.95. The molecule has 1 aromatic heterocycles. The molecule has 2 rings (SSSR count). The maximum Gasteiger partial charge on any atom is 0.328 e. The third-order valence-corrected chi connectivity index (χ3v) is 3.14. The van der Waals surface area contributed by atoms with Crippen molar-refractivity contribution in [2.75, 3.05) is 0 Å².